The zero-order valence-electron chi connectivity index (χ0n) is 9.47. The molecule has 0 aromatic carbocycles. The van der Waals surface area contributed by atoms with Gasteiger partial charge in [-0.1, -0.05) is 49.3 Å². The molecule has 2 unspecified atom stereocenters. The van der Waals surface area contributed by atoms with Gasteiger partial charge in [0.25, 0.3) is 0 Å². The predicted molar refractivity (Wildman–Crippen MR) is 70.1 cm³/mol. The Morgan fingerprint density at radius 2 is 2.00 bits per heavy atom. The standard InChI is InChI=1S/C12H23IO/c1-10(2)6-5-9-14-12-8-4-3-7-11(12)13/h10-12H,3-9H2,1-2H3. The van der Waals surface area contributed by atoms with Crippen molar-refractivity contribution in [2.45, 2.75) is 62.4 Å². The highest BCUT2D eigenvalue weighted by molar-refractivity contribution is 14.1. The Hall–Kier alpha value is 0.690. The van der Waals surface area contributed by atoms with Crippen molar-refractivity contribution in [2.75, 3.05) is 6.61 Å². The molecule has 84 valence electrons. The lowest BCUT2D eigenvalue weighted by molar-refractivity contribution is 0.0331. The number of halogens is 1. The monoisotopic (exact) mass is 310 g/mol. The van der Waals surface area contributed by atoms with Gasteiger partial charge < -0.3 is 4.74 Å². The van der Waals surface area contributed by atoms with Crippen LogP contribution in [-0.2, 0) is 4.74 Å². The van der Waals surface area contributed by atoms with E-state index in [2.05, 4.69) is 36.4 Å². The largest absolute Gasteiger partial charge is 0.377 e. The summed E-state index contributed by atoms with van der Waals surface area (Å²) in [5.41, 5.74) is 0. The van der Waals surface area contributed by atoms with Gasteiger partial charge in [-0.05, 0) is 31.6 Å². The fourth-order valence-corrected chi connectivity index (χ4v) is 2.97. The molecule has 0 bridgehead atoms. The van der Waals surface area contributed by atoms with Crippen molar-refractivity contribution in [3.63, 3.8) is 0 Å². The van der Waals surface area contributed by atoms with E-state index >= 15 is 0 Å². The second kappa shape index (κ2) is 7.04. The minimum absolute atomic E-state index is 0.552. The van der Waals surface area contributed by atoms with Gasteiger partial charge in [0.1, 0.15) is 0 Å². The van der Waals surface area contributed by atoms with Crippen LogP contribution in [-0.4, -0.2) is 16.6 Å². The number of rotatable bonds is 5. The van der Waals surface area contributed by atoms with Gasteiger partial charge in [-0.2, -0.15) is 0 Å². The second-order valence-corrected chi connectivity index (χ2v) is 6.35. The summed E-state index contributed by atoms with van der Waals surface area (Å²) in [5, 5.41) is 0. The summed E-state index contributed by atoms with van der Waals surface area (Å²) in [6.07, 6.45) is 8.51. The van der Waals surface area contributed by atoms with Gasteiger partial charge in [-0.3, -0.25) is 0 Å². The Kier molecular flexibility index (Phi) is 6.42. The first-order chi connectivity index (χ1) is 6.70. The summed E-state index contributed by atoms with van der Waals surface area (Å²) in [7, 11) is 0. The zero-order chi connectivity index (χ0) is 10.4. The second-order valence-electron chi connectivity index (χ2n) is 4.75. The SMILES string of the molecule is CC(C)CCCOC1CCCCC1I. The van der Waals surface area contributed by atoms with E-state index in [1.54, 1.807) is 0 Å². The number of alkyl halides is 1. The molecule has 2 atom stereocenters. The molecule has 1 fully saturated rings. The Morgan fingerprint density at radius 1 is 1.29 bits per heavy atom. The zero-order valence-corrected chi connectivity index (χ0v) is 11.6. The van der Waals surface area contributed by atoms with Gasteiger partial charge in [0.2, 0.25) is 0 Å². The van der Waals surface area contributed by atoms with Gasteiger partial charge >= 0.3 is 0 Å². The Balaban J connectivity index is 2.04. The summed E-state index contributed by atoms with van der Waals surface area (Å²) in [6.45, 7) is 5.53. The number of hydrogen-bond acceptors (Lipinski definition) is 1. The van der Waals surface area contributed by atoms with Crippen molar-refractivity contribution in [1.82, 2.24) is 0 Å². The minimum atomic E-state index is 0.552. The highest BCUT2D eigenvalue weighted by atomic mass is 127. The number of hydrogen-bond donors (Lipinski definition) is 0. The van der Waals surface area contributed by atoms with Crippen LogP contribution in [0.15, 0.2) is 0 Å². The van der Waals surface area contributed by atoms with E-state index in [0.29, 0.717) is 6.10 Å². The van der Waals surface area contributed by atoms with Gasteiger partial charge in [-0.25, -0.2) is 0 Å². The molecule has 0 amide bonds. The first-order valence-corrected chi connectivity index (χ1v) is 7.20. The van der Waals surface area contributed by atoms with Crippen molar-refractivity contribution in [3.05, 3.63) is 0 Å². The van der Waals surface area contributed by atoms with Gasteiger partial charge in [0.05, 0.1) is 6.10 Å². The van der Waals surface area contributed by atoms with E-state index < -0.39 is 0 Å². The molecule has 0 aliphatic heterocycles. The van der Waals surface area contributed by atoms with Crippen LogP contribution < -0.4 is 0 Å². The van der Waals surface area contributed by atoms with E-state index in [1.165, 1.54) is 38.5 Å². The molecule has 0 radical (unpaired) electrons. The third-order valence-electron chi connectivity index (χ3n) is 2.88. The normalized spacial score (nSPS) is 28.3. The van der Waals surface area contributed by atoms with Crippen LogP contribution in [0, 0.1) is 5.92 Å². The molecule has 0 saturated heterocycles. The average molecular weight is 310 g/mol. The molecule has 0 aromatic heterocycles. The highest BCUT2D eigenvalue weighted by Crippen LogP contribution is 2.27. The lowest BCUT2D eigenvalue weighted by Gasteiger charge is -2.27. The fourth-order valence-electron chi connectivity index (χ4n) is 1.97. The van der Waals surface area contributed by atoms with E-state index in [-0.39, 0.29) is 0 Å². The summed E-state index contributed by atoms with van der Waals surface area (Å²) >= 11 is 2.56. The van der Waals surface area contributed by atoms with Crippen molar-refractivity contribution in [3.8, 4) is 0 Å². The first-order valence-electron chi connectivity index (χ1n) is 5.96. The molecule has 2 heteroatoms. The predicted octanol–water partition coefficient (Wildman–Crippen LogP) is 4.19. The molecule has 0 N–H and O–H groups in total. The third-order valence-corrected chi connectivity index (χ3v) is 4.30. The summed E-state index contributed by atoms with van der Waals surface area (Å²) in [4.78, 5) is 0. The summed E-state index contributed by atoms with van der Waals surface area (Å²) in [6, 6.07) is 0. The quantitative estimate of drug-likeness (QED) is 0.420. The molecule has 0 spiro atoms. The van der Waals surface area contributed by atoms with Crippen LogP contribution in [0.1, 0.15) is 52.4 Å². The minimum Gasteiger partial charge on any atom is -0.377 e. The Bertz CT molecular complexity index is 147. The summed E-state index contributed by atoms with van der Waals surface area (Å²) in [5.74, 6) is 0.820. The van der Waals surface area contributed by atoms with E-state index in [9.17, 15) is 0 Å². The first kappa shape index (κ1) is 12.8. The van der Waals surface area contributed by atoms with E-state index in [0.717, 1.165) is 16.4 Å². The van der Waals surface area contributed by atoms with Crippen LogP contribution in [0.2, 0.25) is 0 Å². The van der Waals surface area contributed by atoms with Crippen molar-refractivity contribution in [1.29, 1.82) is 0 Å². The summed E-state index contributed by atoms with van der Waals surface area (Å²) < 4.78 is 6.70. The smallest absolute Gasteiger partial charge is 0.0692 e. The van der Waals surface area contributed by atoms with Crippen molar-refractivity contribution >= 4 is 22.6 Å². The maximum Gasteiger partial charge on any atom is 0.0692 e. The third kappa shape index (κ3) is 4.96. The van der Waals surface area contributed by atoms with E-state index in [1.807, 2.05) is 0 Å². The van der Waals surface area contributed by atoms with Crippen LogP contribution in [0.3, 0.4) is 0 Å². The van der Waals surface area contributed by atoms with Crippen molar-refractivity contribution in [2.24, 2.45) is 5.92 Å². The lowest BCUT2D eigenvalue weighted by Crippen LogP contribution is -2.28. The van der Waals surface area contributed by atoms with Crippen LogP contribution in [0.5, 0.6) is 0 Å². The van der Waals surface area contributed by atoms with E-state index in [4.69, 9.17) is 4.74 Å². The van der Waals surface area contributed by atoms with Crippen LogP contribution in [0.25, 0.3) is 0 Å². The highest BCUT2D eigenvalue weighted by Gasteiger charge is 2.22. The van der Waals surface area contributed by atoms with Gasteiger partial charge in [0, 0.05) is 10.5 Å². The van der Waals surface area contributed by atoms with Crippen LogP contribution >= 0.6 is 22.6 Å². The molecule has 0 heterocycles. The molecule has 0 aromatic rings. The molecular weight excluding hydrogens is 287 g/mol. The molecule has 1 aliphatic carbocycles. The maximum absolute atomic E-state index is 5.94. The van der Waals surface area contributed by atoms with Crippen molar-refractivity contribution < 1.29 is 4.74 Å². The Labute approximate surface area is 102 Å². The number of ether oxygens (including phenoxy) is 1. The lowest BCUT2D eigenvalue weighted by atomic mass is 9.97. The Morgan fingerprint density at radius 3 is 2.64 bits per heavy atom. The molecule has 14 heavy (non-hydrogen) atoms. The van der Waals surface area contributed by atoms with Gasteiger partial charge in [0.15, 0.2) is 0 Å². The molecule has 1 rings (SSSR count). The van der Waals surface area contributed by atoms with Crippen LogP contribution in [0.4, 0.5) is 0 Å². The molecule has 1 saturated carbocycles. The molecule has 1 nitrogen and oxygen atoms in total. The maximum atomic E-state index is 5.94. The average Bonchev–Trinajstić information content (AvgIpc) is 2.15. The molecule has 1 aliphatic rings. The topological polar surface area (TPSA) is 9.23 Å². The van der Waals surface area contributed by atoms with Gasteiger partial charge in [-0.15, -0.1) is 0 Å². The molecular formula is C12H23IO. The fraction of sp³-hybridized carbons (Fsp3) is 1.00.